The molecule has 1 rings (SSSR count). The molecule has 0 bridgehead atoms. The molecule has 0 aliphatic heterocycles. The topological polar surface area (TPSA) is 41.1 Å². The van der Waals surface area contributed by atoms with Gasteiger partial charge in [0.25, 0.3) is 0 Å². The van der Waals surface area contributed by atoms with Crippen LogP contribution in [0.15, 0.2) is 0 Å². The summed E-state index contributed by atoms with van der Waals surface area (Å²) in [5.74, 6) is 0.483. The number of likely N-dealkylation sites (N-methyl/N-ethyl adjacent to an activating group) is 1. The first-order valence-electron chi connectivity index (χ1n) is 5.06. The normalized spacial score (nSPS) is 24.1. The van der Waals surface area contributed by atoms with Crippen molar-refractivity contribution in [2.75, 3.05) is 19.6 Å². The summed E-state index contributed by atoms with van der Waals surface area (Å²) in [6.07, 6.45) is 1.04. The SMILES string of the molecule is CCNCCNC(=O)C1CC1(C)C. The van der Waals surface area contributed by atoms with E-state index < -0.39 is 0 Å². The average molecular weight is 184 g/mol. The molecule has 3 nitrogen and oxygen atoms in total. The summed E-state index contributed by atoms with van der Waals surface area (Å²) in [6.45, 7) is 8.92. The van der Waals surface area contributed by atoms with Crippen LogP contribution in [0.5, 0.6) is 0 Å². The van der Waals surface area contributed by atoms with Crippen molar-refractivity contribution in [3.05, 3.63) is 0 Å². The number of amides is 1. The van der Waals surface area contributed by atoms with Gasteiger partial charge in [-0.15, -0.1) is 0 Å². The molecule has 0 heterocycles. The number of hydrogen-bond donors (Lipinski definition) is 2. The quantitative estimate of drug-likeness (QED) is 0.619. The van der Waals surface area contributed by atoms with Gasteiger partial charge >= 0.3 is 0 Å². The summed E-state index contributed by atoms with van der Waals surface area (Å²) in [5, 5.41) is 6.10. The van der Waals surface area contributed by atoms with Crippen LogP contribution in [0.3, 0.4) is 0 Å². The molecule has 1 atom stereocenters. The summed E-state index contributed by atoms with van der Waals surface area (Å²) < 4.78 is 0. The monoisotopic (exact) mass is 184 g/mol. The Morgan fingerprint density at radius 1 is 1.46 bits per heavy atom. The van der Waals surface area contributed by atoms with Gasteiger partial charge in [0.2, 0.25) is 5.91 Å². The summed E-state index contributed by atoms with van der Waals surface area (Å²) >= 11 is 0. The standard InChI is InChI=1S/C10H20N2O/c1-4-11-5-6-12-9(13)8-7-10(8,2)3/h8,11H,4-7H2,1-3H3,(H,12,13). The molecule has 1 unspecified atom stereocenters. The largest absolute Gasteiger partial charge is 0.355 e. The number of carbonyl (C=O) groups excluding carboxylic acids is 1. The molecule has 0 aromatic rings. The maximum absolute atomic E-state index is 11.4. The summed E-state index contributed by atoms with van der Waals surface area (Å²) in [4.78, 5) is 11.4. The van der Waals surface area contributed by atoms with E-state index in [9.17, 15) is 4.79 Å². The molecular formula is C10H20N2O. The first-order chi connectivity index (χ1) is 6.08. The fourth-order valence-corrected chi connectivity index (χ4v) is 1.49. The highest BCUT2D eigenvalue weighted by atomic mass is 16.2. The maximum atomic E-state index is 11.4. The van der Waals surface area contributed by atoms with Gasteiger partial charge in [0.1, 0.15) is 0 Å². The Kier molecular flexibility index (Phi) is 3.31. The number of rotatable bonds is 5. The van der Waals surface area contributed by atoms with E-state index in [0.29, 0.717) is 0 Å². The molecule has 1 fully saturated rings. The first-order valence-corrected chi connectivity index (χ1v) is 5.06. The fourth-order valence-electron chi connectivity index (χ4n) is 1.49. The van der Waals surface area contributed by atoms with E-state index in [-0.39, 0.29) is 17.2 Å². The van der Waals surface area contributed by atoms with Crippen molar-refractivity contribution in [3.8, 4) is 0 Å². The number of hydrogen-bond acceptors (Lipinski definition) is 2. The smallest absolute Gasteiger partial charge is 0.223 e. The molecule has 2 N–H and O–H groups in total. The van der Waals surface area contributed by atoms with Crippen LogP contribution < -0.4 is 10.6 Å². The number of nitrogens with one attached hydrogen (secondary N) is 2. The van der Waals surface area contributed by atoms with Gasteiger partial charge < -0.3 is 10.6 Å². The van der Waals surface area contributed by atoms with E-state index in [4.69, 9.17) is 0 Å². The van der Waals surface area contributed by atoms with Crippen molar-refractivity contribution in [2.24, 2.45) is 11.3 Å². The lowest BCUT2D eigenvalue weighted by Crippen LogP contribution is -2.33. The van der Waals surface area contributed by atoms with Crippen LogP contribution in [-0.4, -0.2) is 25.5 Å². The van der Waals surface area contributed by atoms with Crippen molar-refractivity contribution < 1.29 is 4.79 Å². The molecule has 1 aliphatic rings. The van der Waals surface area contributed by atoms with Crippen molar-refractivity contribution in [3.63, 3.8) is 0 Å². The van der Waals surface area contributed by atoms with E-state index in [2.05, 4.69) is 31.4 Å². The average Bonchev–Trinajstić information content (AvgIpc) is 2.69. The molecule has 0 radical (unpaired) electrons. The van der Waals surface area contributed by atoms with Gasteiger partial charge in [-0.25, -0.2) is 0 Å². The van der Waals surface area contributed by atoms with Crippen molar-refractivity contribution >= 4 is 5.91 Å². The Hall–Kier alpha value is -0.570. The van der Waals surface area contributed by atoms with E-state index in [1.165, 1.54) is 0 Å². The molecule has 0 saturated heterocycles. The Bertz CT molecular complexity index is 189. The van der Waals surface area contributed by atoms with E-state index >= 15 is 0 Å². The molecule has 3 heteroatoms. The van der Waals surface area contributed by atoms with Gasteiger partial charge in [0, 0.05) is 19.0 Å². The van der Waals surface area contributed by atoms with Crippen LogP contribution in [0, 0.1) is 11.3 Å². The summed E-state index contributed by atoms with van der Waals surface area (Å²) in [5.41, 5.74) is 0.252. The third kappa shape index (κ3) is 2.99. The van der Waals surface area contributed by atoms with Crippen molar-refractivity contribution in [1.29, 1.82) is 0 Å². The lowest BCUT2D eigenvalue weighted by atomic mass is 10.1. The van der Waals surface area contributed by atoms with Gasteiger partial charge in [0.15, 0.2) is 0 Å². The first kappa shape index (κ1) is 10.5. The van der Waals surface area contributed by atoms with E-state index in [1.54, 1.807) is 0 Å². The zero-order valence-electron chi connectivity index (χ0n) is 8.81. The molecule has 1 saturated carbocycles. The molecule has 0 spiro atoms. The zero-order valence-corrected chi connectivity index (χ0v) is 8.81. The Morgan fingerprint density at radius 3 is 2.54 bits per heavy atom. The van der Waals surface area contributed by atoms with Crippen LogP contribution in [0.4, 0.5) is 0 Å². The van der Waals surface area contributed by atoms with Crippen LogP contribution in [-0.2, 0) is 4.79 Å². The second-order valence-electron chi connectivity index (χ2n) is 4.39. The van der Waals surface area contributed by atoms with Crippen molar-refractivity contribution in [1.82, 2.24) is 10.6 Å². The van der Waals surface area contributed by atoms with Crippen LogP contribution in [0.25, 0.3) is 0 Å². The van der Waals surface area contributed by atoms with Crippen LogP contribution >= 0.6 is 0 Å². The minimum absolute atomic E-state index is 0.225. The minimum Gasteiger partial charge on any atom is -0.355 e. The van der Waals surface area contributed by atoms with Crippen molar-refractivity contribution in [2.45, 2.75) is 27.2 Å². The third-order valence-corrected chi connectivity index (χ3v) is 2.68. The molecule has 0 aromatic carbocycles. The fraction of sp³-hybridized carbons (Fsp3) is 0.900. The van der Waals surface area contributed by atoms with Gasteiger partial charge in [-0.3, -0.25) is 4.79 Å². The molecule has 0 aromatic heterocycles. The van der Waals surface area contributed by atoms with E-state index in [0.717, 1.165) is 26.1 Å². The lowest BCUT2D eigenvalue weighted by molar-refractivity contribution is -0.122. The highest BCUT2D eigenvalue weighted by molar-refractivity contribution is 5.82. The molecule has 13 heavy (non-hydrogen) atoms. The third-order valence-electron chi connectivity index (χ3n) is 2.68. The van der Waals surface area contributed by atoms with Crippen LogP contribution in [0.1, 0.15) is 27.2 Å². The predicted molar refractivity (Wildman–Crippen MR) is 53.4 cm³/mol. The molecule has 1 amide bonds. The second kappa shape index (κ2) is 4.09. The van der Waals surface area contributed by atoms with Crippen LogP contribution in [0.2, 0.25) is 0 Å². The minimum atomic E-state index is 0.225. The second-order valence-corrected chi connectivity index (χ2v) is 4.39. The highest BCUT2D eigenvalue weighted by Gasteiger charge is 2.50. The summed E-state index contributed by atoms with van der Waals surface area (Å²) in [6, 6.07) is 0. The maximum Gasteiger partial charge on any atom is 0.223 e. The molecular weight excluding hydrogens is 164 g/mol. The Morgan fingerprint density at radius 2 is 2.08 bits per heavy atom. The van der Waals surface area contributed by atoms with Gasteiger partial charge in [0.05, 0.1) is 0 Å². The number of carbonyl (C=O) groups is 1. The van der Waals surface area contributed by atoms with Gasteiger partial charge in [-0.1, -0.05) is 20.8 Å². The van der Waals surface area contributed by atoms with Gasteiger partial charge in [-0.2, -0.15) is 0 Å². The Balaban J connectivity index is 2.06. The molecule has 1 aliphatic carbocycles. The Labute approximate surface area is 80.3 Å². The molecule has 76 valence electrons. The summed E-state index contributed by atoms with van der Waals surface area (Å²) in [7, 11) is 0. The van der Waals surface area contributed by atoms with E-state index in [1.807, 2.05) is 0 Å². The zero-order chi connectivity index (χ0) is 9.90. The van der Waals surface area contributed by atoms with Gasteiger partial charge in [-0.05, 0) is 18.4 Å². The highest BCUT2D eigenvalue weighted by Crippen LogP contribution is 2.51. The predicted octanol–water partition coefficient (Wildman–Crippen LogP) is 0.758. The lowest BCUT2D eigenvalue weighted by Gasteiger charge is -2.06.